The molecule has 0 atom stereocenters. The highest BCUT2D eigenvalue weighted by Crippen LogP contribution is 2.32. The molecule has 9 heteroatoms. The Labute approximate surface area is 157 Å². The van der Waals surface area contributed by atoms with Gasteiger partial charge in [0.2, 0.25) is 5.91 Å². The van der Waals surface area contributed by atoms with E-state index in [9.17, 15) is 14.4 Å². The van der Waals surface area contributed by atoms with Gasteiger partial charge in [-0.15, -0.1) is 0 Å². The van der Waals surface area contributed by atoms with Gasteiger partial charge in [-0.3, -0.25) is 14.4 Å². The zero-order chi connectivity index (χ0) is 19.8. The fourth-order valence-corrected chi connectivity index (χ4v) is 2.17. The van der Waals surface area contributed by atoms with E-state index in [1.54, 1.807) is 25.1 Å². The predicted octanol–water partition coefficient (Wildman–Crippen LogP) is 1.05. The summed E-state index contributed by atoms with van der Waals surface area (Å²) in [6.45, 7) is 6.76. The molecule has 27 heavy (non-hydrogen) atoms. The van der Waals surface area contributed by atoms with Crippen LogP contribution in [0.25, 0.3) is 0 Å². The molecule has 1 aliphatic rings. The maximum absolute atomic E-state index is 12.1. The molecule has 1 heterocycles. The number of carbonyl (C=O) groups is 3. The molecule has 0 fully saturated rings. The summed E-state index contributed by atoms with van der Waals surface area (Å²) in [6, 6.07) is 5.11. The molecule has 0 spiro atoms. The normalized spacial score (nSPS) is 13.1. The third-order valence-corrected chi connectivity index (χ3v) is 3.47. The number of hydrazone groups is 1. The number of anilines is 1. The Kier molecular flexibility index (Phi) is 7.16. The fraction of sp³-hybridized carbons (Fsp3) is 0.444. The van der Waals surface area contributed by atoms with E-state index in [1.165, 1.54) is 0 Å². The lowest BCUT2D eigenvalue weighted by Gasteiger charge is -2.19. The van der Waals surface area contributed by atoms with Gasteiger partial charge in [-0.2, -0.15) is 5.10 Å². The van der Waals surface area contributed by atoms with Gasteiger partial charge in [0.25, 0.3) is 0 Å². The second kappa shape index (κ2) is 9.56. The monoisotopic (exact) mass is 376 g/mol. The third kappa shape index (κ3) is 6.61. The third-order valence-electron chi connectivity index (χ3n) is 3.47. The van der Waals surface area contributed by atoms with Crippen LogP contribution in [-0.4, -0.2) is 43.2 Å². The van der Waals surface area contributed by atoms with Crippen molar-refractivity contribution >= 4 is 29.1 Å². The van der Waals surface area contributed by atoms with Crippen molar-refractivity contribution in [2.24, 2.45) is 11.0 Å². The van der Waals surface area contributed by atoms with Crippen molar-refractivity contribution in [3.05, 3.63) is 18.2 Å². The minimum absolute atomic E-state index is 0.0394. The molecule has 0 saturated heterocycles. The minimum Gasteiger partial charge on any atom is -0.486 e. The number of ether oxygens (including phenoxy) is 2. The summed E-state index contributed by atoms with van der Waals surface area (Å²) in [5.74, 6) is -0.509. The van der Waals surface area contributed by atoms with Gasteiger partial charge in [-0.25, -0.2) is 5.43 Å². The van der Waals surface area contributed by atoms with E-state index < -0.39 is 11.8 Å². The van der Waals surface area contributed by atoms with Crippen molar-refractivity contribution in [1.29, 1.82) is 0 Å². The predicted molar refractivity (Wildman–Crippen MR) is 99.8 cm³/mol. The number of rotatable bonds is 6. The summed E-state index contributed by atoms with van der Waals surface area (Å²) in [5.41, 5.74) is 3.06. The lowest BCUT2D eigenvalue weighted by Crippen LogP contribution is -2.39. The summed E-state index contributed by atoms with van der Waals surface area (Å²) < 4.78 is 10.9. The Bertz CT molecular complexity index is 745. The quantitative estimate of drug-likeness (QED) is 0.390. The molecular formula is C18H24N4O5. The van der Waals surface area contributed by atoms with Crippen LogP contribution in [0.1, 0.15) is 27.2 Å². The highest BCUT2D eigenvalue weighted by molar-refractivity contribution is 6.35. The van der Waals surface area contributed by atoms with Crippen LogP contribution in [0.3, 0.4) is 0 Å². The number of benzene rings is 1. The van der Waals surface area contributed by atoms with Gasteiger partial charge < -0.3 is 20.1 Å². The average molecular weight is 376 g/mol. The highest BCUT2D eigenvalue weighted by atomic mass is 16.6. The molecule has 1 aromatic rings. The molecule has 146 valence electrons. The summed E-state index contributed by atoms with van der Waals surface area (Å²) >= 11 is 0. The Morgan fingerprint density at radius 3 is 2.52 bits per heavy atom. The Morgan fingerprint density at radius 1 is 1.11 bits per heavy atom. The van der Waals surface area contributed by atoms with Crippen molar-refractivity contribution in [1.82, 2.24) is 10.7 Å². The standard InChI is InChI=1S/C18H24N4O5/c1-11(2)10-19-17(24)18(25)22-21-12(3)8-16(23)20-13-4-5-14-15(9-13)27-7-6-26-14/h4-5,9,11H,6-8,10H2,1-3H3,(H,19,24)(H,20,23)(H,22,25). The summed E-state index contributed by atoms with van der Waals surface area (Å²) in [4.78, 5) is 35.3. The molecule has 3 N–H and O–H groups in total. The largest absolute Gasteiger partial charge is 0.486 e. The molecule has 0 saturated carbocycles. The van der Waals surface area contributed by atoms with Crippen molar-refractivity contribution < 1.29 is 23.9 Å². The molecule has 2 rings (SSSR count). The molecule has 1 aliphatic heterocycles. The van der Waals surface area contributed by atoms with Crippen LogP contribution in [0.15, 0.2) is 23.3 Å². The summed E-state index contributed by atoms with van der Waals surface area (Å²) in [7, 11) is 0. The van der Waals surface area contributed by atoms with E-state index in [0.29, 0.717) is 42.7 Å². The van der Waals surface area contributed by atoms with Gasteiger partial charge in [-0.1, -0.05) is 13.8 Å². The van der Waals surface area contributed by atoms with E-state index >= 15 is 0 Å². The highest BCUT2D eigenvalue weighted by Gasteiger charge is 2.14. The zero-order valence-corrected chi connectivity index (χ0v) is 15.6. The topological polar surface area (TPSA) is 118 Å². The van der Waals surface area contributed by atoms with Crippen molar-refractivity contribution in [3.8, 4) is 11.5 Å². The van der Waals surface area contributed by atoms with Crippen LogP contribution in [-0.2, 0) is 14.4 Å². The van der Waals surface area contributed by atoms with Crippen molar-refractivity contribution in [2.75, 3.05) is 25.1 Å². The maximum Gasteiger partial charge on any atom is 0.329 e. The fourth-order valence-electron chi connectivity index (χ4n) is 2.17. The molecule has 3 amide bonds. The maximum atomic E-state index is 12.1. The van der Waals surface area contributed by atoms with E-state index in [2.05, 4.69) is 21.2 Å². The average Bonchev–Trinajstić information content (AvgIpc) is 2.63. The molecular weight excluding hydrogens is 352 g/mol. The van der Waals surface area contributed by atoms with E-state index in [4.69, 9.17) is 9.47 Å². The molecule has 1 aromatic carbocycles. The van der Waals surface area contributed by atoms with E-state index in [-0.39, 0.29) is 18.2 Å². The van der Waals surface area contributed by atoms with Gasteiger partial charge >= 0.3 is 11.8 Å². The number of hydrogen-bond acceptors (Lipinski definition) is 6. The van der Waals surface area contributed by atoms with Crippen LogP contribution in [0, 0.1) is 5.92 Å². The smallest absolute Gasteiger partial charge is 0.329 e. The zero-order valence-electron chi connectivity index (χ0n) is 15.6. The number of nitrogens with one attached hydrogen (secondary N) is 3. The lowest BCUT2D eigenvalue weighted by molar-refractivity contribution is -0.139. The Balaban J connectivity index is 1.81. The first kappa shape index (κ1) is 20.2. The van der Waals surface area contributed by atoms with Crippen LogP contribution in [0.5, 0.6) is 11.5 Å². The van der Waals surface area contributed by atoms with Crippen LogP contribution >= 0.6 is 0 Å². The SMILES string of the molecule is CC(CC(=O)Nc1ccc2c(c1)OCCO2)=NNC(=O)C(=O)NCC(C)C. The van der Waals surface area contributed by atoms with Gasteiger partial charge in [-0.05, 0) is 25.0 Å². The van der Waals surface area contributed by atoms with Gasteiger partial charge in [0, 0.05) is 24.0 Å². The number of carbonyl (C=O) groups excluding carboxylic acids is 3. The molecule has 0 unspecified atom stereocenters. The number of nitrogens with zero attached hydrogens (tertiary/aromatic N) is 1. The van der Waals surface area contributed by atoms with Crippen molar-refractivity contribution in [2.45, 2.75) is 27.2 Å². The summed E-state index contributed by atoms with van der Waals surface area (Å²) in [6.07, 6.45) is -0.0394. The number of hydrogen-bond donors (Lipinski definition) is 3. The van der Waals surface area contributed by atoms with E-state index in [1.807, 2.05) is 13.8 Å². The van der Waals surface area contributed by atoms with Crippen molar-refractivity contribution in [3.63, 3.8) is 0 Å². The number of fused-ring (bicyclic) bond motifs is 1. The first-order chi connectivity index (χ1) is 12.8. The van der Waals surface area contributed by atoms with E-state index in [0.717, 1.165) is 0 Å². The Morgan fingerprint density at radius 2 is 1.81 bits per heavy atom. The molecule has 9 nitrogen and oxygen atoms in total. The first-order valence-corrected chi connectivity index (χ1v) is 8.66. The molecule has 0 radical (unpaired) electrons. The van der Waals surface area contributed by atoms with Crippen LogP contribution in [0.4, 0.5) is 5.69 Å². The molecule has 0 bridgehead atoms. The second-order valence-corrected chi connectivity index (χ2v) is 6.48. The van der Waals surface area contributed by atoms with Gasteiger partial charge in [0.1, 0.15) is 13.2 Å². The van der Waals surface area contributed by atoms with Crippen LogP contribution < -0.4 is 25.5 Å². The second-order valence-electron chi connectivity index (χ2n) is 6.48. The molecule has 0 aromatic heterocycles. The van der Waals surface area contributed by atoms with Gasteiger partial charge in [0.05, 0.1) is 6.42 Å². The Hall–Kier alpha value is -3.10. The summed E-state index contributed by atoms with van der Waals surface area (Å²) in [5, 5.41) is 8.98. The van der Waals surface area contributed by atoms with Crippen LogP contribution in [0.2, 0.25) is 0 Å². The van der Waals surface area contributed by atoms with Gasteiger partial charge in [0.15, 0.2) is 11.5 Å². The molecule has 0 aliphatic carbocycles. The first-order valence-electron chi connectivity index (χ1n) is 8.66. The lowest BCUT2D eigenvalue weighted by atomic mass is 10.2. The number of amides is 3. The minimum atomic E-state index is -0.873.